The van der Waals surface area contributed by atoms with E-state index in [2.05, 4.69) is 19.2 Å². The normalized spacial score (nSPS) is 14.9. The van der Waals surface area contributed by atoms with Crippen LogP contribution < -0.4 is 29.2 Å². The molecule has 2 amide bonds. The Morgan fingerprint density at radius 1 is 1.11 bits per heavy atom. The predicted molar refractivity (Wildman–Crippen MR) is 137 cm³/mol. The van der Waals surface area contributed by atoms with Gasteiger partial charge >= 0.3 is 0 Å². The fourth-order valence-corrected chi connectivity index (χ4v) is 3.82. The van der Waals surface area contributed by atoms with E-state index >= 15 is 0 Å². The molecule has 0 fully saturated rings. The van der Waals surface area contributed by atoms with Crippen LogP contribution in [0.25, 0.3) is 6.08 Å². The van der Waals surface area contributed by atoms with Gasteiger partial charge in [-0.15, -0.1) is 0 Å². The molecule has 1 aliphatic heterocycles. The molecule has 1 N–H and O–H groups in total. The van der Waals surface area contributed by atoms with Crippen molar-refractivity contribution in [2.45, 2.75) is 27.7 Å². The number of nitrogens with zero attached hydrogens (tertiary/aromatic N) is 1. The number of rotatable bonds is 8. The molecule has 0 radical (unpaired) electrons. The first-order valence-corrected chi connectivity index (χ1v) is 11.5. The van der Waals surface area contributed by atoms with Gasteiger partial charge < -0.3 is 29.2 Å². The van der Waals surface area contributed by atoms with Gasteiger partial charge in [0.2, 0.25) is 17.6 Å². The number of anilines is 2. The molecule has 35 heavy (non-hydrogen) atoms. The lowest BCUT2D eigenvalue weighted by Crippen LogP contribution is -2.43. The van der Waals surface area contributed by atoms with Crippen molar-refractivity contribution in [3.8, 4) is 23.0 Å². The Kier molecular flexibility index (Phi) is 7.94. The van der Waals surface area contributed by atoms with E-state index in [0.29, 0.717) is 46.5 Å². The molecule has 188 valence electrons. The lowest BCUT2D eigenvalue weighted by Gasteiger charge is -2.29. The molecule has 0 bridgehead atoms. The van der Waals surface area contributed by atoms with Gasteiger partial charge in [-0.3, -0.25) is 9.59 Å². The Labute approximate surface area is 206 Å². The number of methoxy groups -OCH3 is 3. The zero-order chi connectivity index (χ0) is 25.8. The van der Waals surface area contributed by atoms with E-state index in [1.54, 1.807) is 41.3 Å². The summed E-state index contributed by atoms with van der Waals surface area (Å²) in [4.78, 5) is 27.7. The molecule has 0 aliphatic carbocycles. The monoisotopic (exact) mass is 482 g/mol. The van der Waals surface area contributed by atoms with Crippen LogP contribution in [-0.2, 0) is 9.59 Å². The standard InChI is InChI=1S/C27H34N2O6/c1-17(2)15-29-20-14-19(9-10-21(20)35-16-27(3,4)26(29)31)28-24(30)11-8-18-12-22(32-5)25(34-7)23(13-18)33-6/h8-14,17H,15-16H2,1-7H3,(H,28,30)/b11-8+. The summed E-state index contributed by atoms with van der Waals surface area (Å²) in [6.45, 7) is 8.72. The first kappa shape index (κ1) is 25.9. The van der Waals surface area contributed by atoms with Crippen LogP contribution in [-0.4, -0.2) is 46.3 Å². The second-order valence-electron chi connectivity index (χ2n) is 9.45. The summed E-state index contributed by atoms with van der Waals surface area (Å²) < 4.78 is 22.0. The van der Waals surface area contributed by atoms with Gasteiger partial charge in [-0.1, -0.05) is 13.8 Å². The van der Waals surface area contributed by atoms with Crippen LogP contribution in [0, 0.1) is 11.3 Å². The summed E-state index contributed by atoms with van der Waals surface area (Å²) in [5.41, 5.74) is 1.27. The highest BCUT2D eigenvalue weighted by atomic mass is 16.5. The second kappa shape index (κ2) is 10.7. The van der Waals surface area contributed by atoms with E-state index in [4.69, 9.17) is 18.9 Å². The highest BCUT2D eigenvalue weighted by Gasteiger charge is 2.38. The number of benzene rings is 2. The topological polar surface area (TPSA) is 86.3 Å². The summed E-state index contributed by atoms with van der Waals surface area (Å²) in [7, 11) is 4.60. The molecule has 3 rings (SSSR count). The number of amides is 2. The number of ether oxygens (including phenoxy) is 4. The minimum Gasteiger partial charge on any atom is -0.493 e. The fourth-order valence-electron chi connectivity index (χ4n) is 3.82. The first-order valence-electron chi connectivity index (χ1n) is 11.5. The van der Waals surface area contributed by atoms with Crippen molar-refractivity contribution in [3.63, 3.8) is 0 Å². The van der Waals surface area contributed by atoms with Gasteiger partial charge in [0, 0.05) is 18.3 Å². The number of hydrogen-bond donors (Lipinski definition) is 1. The molecule has 1 heterocycles. The average Bonchev–Trinajstić information content (AvgIpc) is 2.91. The van der Waals surface area contributed by atoms with Crippen molar-refractivity contribution >= 4 is 29.3 Å². The first-order chi connectivity index (χ1) is 16.6. The number of hydrogen-bond acceptors (Lipinski definition) is 6. The smallest absolute Gasteiger partial charge is 0.248 e. The van der Waals surface area contributed by atoms with E-state index < -0.39 is 5.41 Å². The van der Waals surface area contributed by atoms with Gasteiger partial charge in [-0.25, -0.2) is 0 Å². The highest BCUT2D eigenvalue weighted by Crippen LogP contribution is 2.40. The number of carbonyl (C=O) groups excluding carboxylic acids is 2. The number of fused-ring (bicyclic) bond motifs is 1. The zero-order valence-electron chi connectivity index (χ0n) is 21.4. The van der Waals surface area contributed by atoms with Crippen LogP contribution in [0.15, 0.2) is 36.4 Å². The number of carbonyl (C=O) groups is 2. The summed E-state index contributed by atoms with van der Waals surface area (Å²) in [6, 6.07) is 8.84. The van der Waals surface area contributed by atoms with E-state index in [1.165, 1.54) is 27.4 Å². The van der Waals surface area contributed by atoms with Crippen LogP contribution in [0.2, 0.25) is 0 Å². The molecule has 0 unspecified atom stereocenters. The molecule has 0 saturated carbocycles. The molecule has 1 aliphatic rings. The maximum absolute atomic E-state index is 13.2. The van der Waals surface area contributed by atoms with Gasteiger partial charge in [0.25, 0.3) is 0 Å². The molecule has 2 aromatic carbocycles. The Morgan fingerprint density at radius 2 is 1.77 bits per heavy atom. The molecule has 0 aromatic heterocycles. The van der Waals surface area contributed by atoms with Crippen molar-refractivity contribution in [2.24, 2.45) is 11.3 Å². The van der Waals surface area contributed by atoms with Crippen LogP contribution in [0.5, 0.6) is 23.0 Å². The summed E-state index contributed by atoms with van der Waals surface area (Å²) >= 11 is 0. The lowest BCUT2D eigenvalue weighted by atomic mass is 9.92. The fraction of sp³-hybridized carbons (Fsp3) is 0.407. The van der Waals surface area contributed by atoms with E-state index in [0.717, 1.165) is 0 Å². The maximum atomic E-state index is 13.2. The van der Waals surface area contributed by atoms with E-state index in [9.17, 15) is 9.59 Å². The molecule has 8 heteroatoms. The zero-order valence-corrected chi connectivity index (χ0v) is 21.4. The Morgan fingerprint density at radius 3 is 2.34 bits per heavy atom. The molecular formula is C27H34N2O6. The van der Waals surface area contributed by atoms with Crippen molar-refractivity contribution in [2.75, 3.05) is 44.7 Å². The average molecular weight is 483 g/mol. The van der Waals surface area contributed by atoms with E-state index in [-0.39, 0.29) is 24.3 Å². The Bertz CT molecular complexity index is 1100. The highest BCUT2D eigenvalue weighted by molar-refractivity contribution is 6.04. The molecule has 0 spiro atoms. The number of nitrogens with one attached hydrogen (secondary N) is 1. The SMILES string of the molecule is COc1cc(/C=C/C(=O)Nc2ccc3c(c2)N(CC(C)C)C(=O)C(C)(C)CO3)cc(OC)c1OC. The van der Waals surface area contributed by atoms with E-state index in [1.807, 2.05) is 13.8 Å². The minimum absolute atomic E-state index is 0.00396. The third-order valence-electron chi connectivity index (χ3n) is 5.59. The molecule has 0 saturated heterocycles. The predicted octanol–water partition coefficient (Wildman–Crippen LogP) is 4.77. The molecule has 0 atom stereocenters. The van der Waals surface area contributed by atoms with Crippen molar-refractivity contribution in [1.82, 2.24) is 0 Å². The molecule has 2 aromatic rings. The quantitative estimate of drug-likeness (QED) is 0.546. The van der Waals surface area contributed by atoms with Crippen LogP contribution in [0.3, 0.4) is 0 Å². The third-order valence-corrected chi connectivity index (χ3v) is 5.59. The van der Waals surface area contributed by atoms with Crippen molar-refractivity contribution in [1.29, 1.82) is 0 Å². The minimum atomic E-state index is -0.652. The van der Waals surface area contributed by atoms with Crippen LogP contribution in [0.1, 0.15) is 33.3 Å². The van der Waals surface area contributed by atoms with Crippen LogP contribution in [0.4, 0.5) is 11.4 Å². The largest absolute Gasteiger partial charge is 0.493 e. The Balaban J connectivity index is 1.84. The van der Waals surface area contributed by atoms with Gasteiger partial charge in [0.05, 0.1) is 32.4 Å². The van der Waals surface area contributed by atoms with Crippen molar-refractivity contribution < 1.29 is 28.5 Å². The Hall–Kier alpha value is -3.68. The van der Waals surface area contributed by atoms with Gasteiger partial charge in [-0.05, 0) is 61.7 Å². The van der Waals surface area contributed by atoms with Gasteiger partial charge in [-0.2, -0.15) is 0 Å². The summed E-state index contributed by atoms with van der Waals surface area (Å²) in [5.74, 6) is 2.03. The third kappa shape index (κ3) is 5.88. The molecule has 8 nitrogen and oxygen atoms in total. The van der Waals surface area contributed by atoms with Crippen molar-refractivity contribution in [3.05, 3.63) is 42.0 Å². The lowest BCUT2D eigenvalue weighted by molar-refractivity contribution is -0.127. The van der Waals surface area contributed by atoms with Crippen LogP contribution >= 0.6 is 0 Å². The second-order valence-corrected chi connectivity index (χ2v) is 9.45. The van der Waals surface area contributed by atoms with Gasteiger partial charge in [0.15, 0.2) is 11.5 Å². The van der Waals surface area contributed by atoms with Gasteiger partial charge in [0.1, 0.15) is 12.4 Å². The summed E-state index contributed by atoms with van der Waals surface area (Å²) in [6.07, 6.45) is 3.08. The summed E-state index contributed by atoms with van der Waals surface area (Å²) in [5, 5.41) is 2.87. The maximum Gasteiger partial charge on any atom is 0.248 e. The molecular weight excluding hydrogens is 448 g/mol.